The summed E-state index contributed by atoms with van der Waals surface area (Å²) in [5, 5.41) is 16.5. The molecule has 1 aliphatic rings. The summed E-state index contributed by atoms with van der Waals surface area (Å²) < 4.78 is 0. The number of carboxylic acids is 1. The van der Waals surface area contributed by atoms with E-state index >= 15 is 0 Å². The van der Waals surface area contributed by atoms with E-state index in [0.29, 0.717) is 0 Å². The molecule has 66 valence electrons. The second kappa shape index (κ2) is 3.29. The minimum absolute atomic E-state index is 0.0249. The van der Waals surface area contributed by atoms with Crippen LogP contribution in [-0.4, -0.2) is 28.0 Å². The first-order valence-corrected chi connectivity index (χ1v) is 3.54. The van der Waals surface area contributed by atoms with Crippen molar-refractivity contribution in [3.63, 3.8) is 0 Å². The zero-order valence-corrected chi connectivity index (χ0v) is 6.60. The molecule has 0 bridgehead atoms. The van der Waals surface area contributed by atoms with Crippen LogP contribution in [-0.2, 0) is 9.59 Å². The van der Waals surface area contributed by atoms with E-state index in [-0.39, 0.29) is 18.6 Å². The Bertz CT molecular complexity index is 232. The van der Waals surface area contributed by atoms with Crippen LogP contribution in [0.3, 0.4) is 0 Å². The second-order valence-corrected chi connectivity index (χ2v) is 2.59. The zero-order chi connectivity index (χ0) is 9.14. The monoisotopic (exact) mass is 171 g/mol. The van der Waals surface area contributed by atoms with Crippen LogP contribution < -0.4 is 0 Å². The molecule has 0 saturated heterocycles. The number of aliphatic carboxylic acids is 1. The summed E-state index contributed by atoms with van der Waals surface area (Å²) in [5.74, 6) is -1.02. The minimum atomic E-state index is -0.999. The van der Waals surface area contributed by atoms with E-state index in [1.165, 1.54) is 6.92 Å². The van der Waals surface area contributed by atoms with Gasteiger partial charge in [0, 0.05) is 6.42 Å². The quantitative estimate of drug-likeness (QED) is 0.649. The van der Waals surface area contributed by atoms with E-state index in [1.54, 1.807) is 0 Å². The first kappa shape index (κ1) is 8.63. The molecule has 1 heterocycles. The van der Waals surface area contributed by atoms with Gasteiger partial charge in [0.15, 0.2) is 6.04 Å². The van der Waals surface area contributed by atoms with Crippen molar-refractivity contribution in [2.45, 2.75) is 25.8 Å². The van der Waals surface area contributed by atoms with Gasteiger partial charge in [0.2, 0.25) is 0 Å². The fraction of sp³-hybridized carbons (Fsp3) is 0.667. The molecule has 0 unspecified atom stereocenters. The Labute approximate surface area is 68.8 Å². The lowest BCUT2D eigenvalue weighted by Gasteiger charge is -2.07. The molecule has 0 aromatic rings. The number of carbonyl (C=O) groups excluding carboxylic acids is 1. The number of carbonyl (C=O) groups is 2. The number of carboxylic acid groups (broad SMARTS) is 1. The van der Waals surface area contributed by atoms with Crippen molar-refractivity contribution < 1.29 is 14.7 Å². The molecule has 1 aliphatic heterocycles. The van der Waals surface area contributed by atoms with Crippen molar-refractivity contribution in [3.05, 3.63) is 0 Å². The second-order valence-electron chi connectivity index (χ2n) is 2.59. The molecule has 0 fully saturated rings. The summed E-state index contributed by atoms with van der Waals surface area (Å²) in [7, 11) is 0. The number of hydrogen-bond acceptors (Lipinski definition) is 5. The largest absolute Gasteiger partial charge is 0.480 e. The van der Waals surface area contributed by atoms with E-state index in [4.69, 9.17) is 5.11 Å². The lowest BCUT2D eigenvalue weighted by atomic mass is 10.1. The van der Waals surface area contributed by atoms with Crippen molar-refractivity contribution in [2.75, 3.05) is 0 Å². The van der Waals surface area contributed by atoms with Crippen LogP contribution in [0.2, 0.25) is 0 Å². The van der Waals surface area contributed by atoms with Gasteiger partial charge in [-0.25, -0.2) is 4.79 Å². The van der Waals surface area contributed by atoms with Crippen LogP contribution in [0.5, 0.6) is 0 Å². The third-order valence-corrected chi connectivity index (χ3v) is 1.53. The van der Waals surface area contributed by atoms with E-state index < -0.39 is 12.0 Å². The van der Waals surface area contributed by atoms with Crippen LogP contribution >= 0.6 is 0 Å². The lowest BCUT2D eigenvalue weighted by Crippen LogP contribution is -2.28. The van der Waals surface area contributed by atoms with Crippen LogP contribution in [0.1, 0.15) is 19.8 Å². The van der Waals surface area contributed by atoms with Crippen LogP contribution in [0, 0.1) is 0 Å². The summed E-state index contributed by atoms with van der Waals surface area (Å²) >= 11 is 0. The van der Waals surface area contributed by atoms with Crippen LogP contribution in [0.15, 0.2) is 10.4 Å². The average molecular weight is 171 g/mol. The maximum atomic E-state index is 10.5. The van der Waals surface area contributed by atoms with Gasteiger partial charge >= 0.3 is 5.97 Å². The molecule has 0 saturated carbocycles. The smallest absolute Gasteiger partial charge is 0.330 e. The maximum Gasteiger partial charge on any atom is 0.330 e. The molecule has 1 N–H and O–H groups in total. The van der Waals surface area contributed by atoms with Gasteiger partial charge in [-0.05, 0) is 23.8 Å². The van der Waals surface area contributed by atoms with Gasteiger partial charge in [0.05, 0.1) is 0 Å². The molecule has 12 heavy (non-hydrogen) atoms. The third kappa shape index (κ3) is 2.30. The number of rotatable bonds is 5. The van der Waals surface area contributed by atoms with Gasteiger partial charge < -0.3 is 9.90 Å². The normalized spacial score (nSPS) is 15.9. The fourth-order valence-electron chi connectivity index (χ4n) is 0.825. The van der Waals surface area contributed by atoms with Crippen LogP contribution in [0.25, 0.3) is 0 Å². The summed E-state index contributed by atoms with van der Waals surface area (Å²) in [4.78, 5) is 21.1. The number of Topliss-reactive ketones (excluding diaryl/α,β-unsaturated/α-hetero) is 1. The van der Waals surface area contributed by atoms with Crippen LogP contribution in [0.4, 0.5) is 0 Å². The molecular formula is C6H9N3O3. The third-order valence-electron chi connectivity index (χ3n) is 1.53. The van der Waals surface area contributed by atoms with Gasteiger partial charge in [-0.3, -0.25) is 0 Å². The summed E-state index contributed by atoms with van der Waals surface area (Å²) in [6.07, 6.45) is 0.510. The van der Waals surface area contributed by atoms with E-state index in [1.807, 2.05) is 0 Å². The maximum absolute atomic E-state index is 10.5. The summed E-state index contributed by atoms with van der Waals surface area (Å²) in [6, 6.07) is -0.770. The SMILES string of the molecule is CC(=O)CC[C@@H](C(=O)O)N1N=N1. The van der Waals surface area contributed by atoms with Crippen molar-refractivity contribution in [1.29, 1.82) is 0 Å². The number of ketones is 1. The Morgan fingerprint density at radius 3 is 2.42 bits per heavy atom. The van der Waals surface area contributed by atoms with Crippen molar-refractivity contribution in [3.8, 4) is 0 Å². The molecule has 0 spiro atoms. The van der Waals surface area contributed by atoms with Gasteiger partial charge in [0.1, 0.15) is 5.78 Å². The Morgan fingerprint density at radius 2 is 2.08 bits per heavy atom. The molecule has 0 aromatic carbocycles. The van der Waals surface area contributed by atoms with Crippen molar-refractivity contribution >= 4 is 11.8 Å². The highest BCUT2D eigenvalue weighted by atomic mass is 16.4. The van der Waals surface area contributed by atoms with Crippen molar-refractivity contribution in [2.24, 2.45) is 10.4 Å². The Kier molecular flexibility index (Phi) is 2.37. The number of nitrogens with zero attached hydrogens (tertiary/aromatic N) is 3. The highest BCUT2D eigenvalue weighted by molar-refractivity contribution is 5.78. The summed E-state index contributed by atoms with van der Waals surface area (Å²) in [5.41, 5.74) is 0. The molecule has 1 rings (SSSR count). The van der Waals surface area contributed by atoms with E-state index in [0.717, 1.165) is 5.12 Å². The van der Waals surface area contributed by atoms with Gasteiger partial charge in [-0.2, -0.15) is 0 Å². The highest BCUT2D eigenvalue weighted by Crippen LogP contribution is 2.18. The number of hydrogen-bond donors (Lipinski definition) is 1. The highest BCUT2D eigenvalue weighted by Gasteiger charge is 2.31. The average Bonchev–Trinajstić information content (AvgIpc) is 2.69. The summed E-state index contributed by atoms with van der Waals surface area (Å²) in [6.45, 7) is 1.43. The molecule has 6 heteroatoms. The first-order chi connectivity index (χ1) is 5.61. The van der Waals surface area contributed by atoms with E-state index in [2.05, 4.69) is 10.4 Å². The van der Waals surface area contributed by atoms with Crippen molar-refractivity contribution in [1.82, 2.24) is 5.12 Å². The Morgan fingerprint density at radius 1 is 1.50 bits per heavy atom. The molecule has 1 atom stereocenters. The predicted octanol–water partition coefficient (Wildman–Crippen LogP) is 0.407. The zero-order valence-electron chi connectivity index (χ0n) is 6.60. The molecular weight excluding hydrogens is 162 g/mol. The fourth-order valence-corrected chi connectivity index (χ4v) is 0.825. The van der Waals surface area contributed by atoms with Gasteiger partial charge in [0.25, 0.3) is 0 Å². The topological polar surface area (TPSA) is 82.1 Å². The molecule has 6 nitrogen and oxygen atoms in total. The molecule has 0 radical (unpaired) electrons. The predicted molar refractivity (Wildman–Crippen MR) is 38.0 cm³/mol. The lowest BCUT2D eigenvalue weighted by molar-refractivity contribution is -0.142. The minimum Gasteiger partial charge on any atom is -0.480 e. The standard InChI is InChI=1S/C6H9N3O3/c1-4(10)2-3-5(6(11)12)9-7-8-9/h5H,2-3H2,1H3,(H,11,12)/t5-/m0/s1. The van der Waals surface area contributed by atoms with Gasteiger partial charge in [-0.15, -0.1) is 5.12 Å². The molecule has 0 aliphatic carbocycles. The first-order valence-electron chi connectivity index (χ1n) is 3.54. The molecule has 0 amide bonds. The van der Waals surface area contributed by atoms with E-state index in [9.17, 15) is 9.59 Å². The Balaban J connectivity index is 2.33. The van der Waals surface area contributed by atoms with Gasteiger partial charge in [-0.1, -0.05) is 0 Å². The Hall–Kier alpha value is -1.46. The molecule has 0 aromatic heterocycles.